The first-order chi connectivity index (χ1) is 12.8. The minimum atomic E-state index is -4.36. The quantitative estimate of drug-likeness (QED) is 0.741. The van der Waals surface area contributed by atoms with Gasteiger partial charge in [-0.1, -0.05) is 17.3 Å². The Labute approximate surface area is 154 Å². The highest BCUT2D eigenvalue weighted by Gasteiger charge is 2.27. The fraction of sp³-hybridized carbons (Fsp3) is 0.471. The van der Waals surface area contributed by atoms with Crippen molar-refractivity contribution in [3.05, 3.63) is 35.7 Å². The number of aromatic nitrogens is 3. The molecule has 0 radical (unpaired) electrons. The summed E-state index contributed by atoms with van der Waals surface area (Å²) in [4.78, 5) is 12.6. The van der Waals surface area contributed by atoms with Crippen LogP contribution in [0.1, 0.15) is 35.1 Å². The summed E-state index contributed by atoms with van der Waals surface area (Å²) < 4.78 is 39.1. The van der Waals surface area contributed by atoms with Crippen LogP contribution in [0.3, 0.4) is 0 Å². The first kappa shape index (κ1) is 19.2. The minimum absolute atomic E-state index is 0.166. The lowest BCUT2D eigenvalue weighted by Gasteiger charge is -2.23. The van der Waals surface area contributed by atoms with E-state index in [-0.39, 0.29) is 23.1 Å². The van der Waals surface area contributed by atoms with Crippen LogP contribution in [0.2, 0.25) is 0 Å². The van der Waals surface area contributed by atoms with Gasteiger partial charge in [0.25, 0.3) is 5.91 Å². The van der Waals surface area contributed by atoms with Crippen LogP contribution in [0.15, 0.2) is 24.3 Å². The maximum Gasteiger partial charge on any atom is 0.405 e. The number of alkyl halides is 3. The van der Waals surface area contributed by atoms with E-state index < -0.39 is 18.6 Å². The van der Waals surface area contributed by atoms with E-state index in [1.54, 1.807) is 23.7 Å². The molecule has 0 bridgehead atoms. The van der Waals surface area contributed by atoms with Crippen molar-refractivity contribution >= 4 is 17.3 Å². The number of amides is 1. The third kappa shape index (κ3) is 4.76. The van der Waals surface area contributed by atoms with E-state index in [1.807, 2.05) is 0 Å². The zero-order valence-corrected chi connectivity index (χ0v) is 14.8. The molecule has 1 aliphatic rings. The van der Waals surface area contributed by atoms with Crippen LogP contribution in [0.4, 0.5) is 24.5 Å². The molecule has 2 heterocycles. The Balaban J connectivity index is 1.73. The summed E-state index contributed by atoms with van der Waals surface area (Å²) in [5, 5.41) is 16.3. The fourth-order valence-corrected chi connectivity index (χ4v) is 3.07. The van der Waals surface area contributed by atoms with Gasteiger partial charge in [0.15, 0.2) is 5.69 Å². The molecule has 0 atom stereocenters. The summed E-state index contributed by atoms with van der Waals surface area (Å²) in [6.45, 7) is 2.34. The van der Waals surface area contributed by atoms with E-state index in [1.165, 1.54) is 12.1 Å². The summed E-state index contributed by atoms with van der Waals surface area (Å²) in [5.41, 5.74) is 1.24. The summed E-state index contributed by atoms with van der Waals surface area (Å²) in [6.07, 6.45) is -2.56. The molecule has 1 aromatic carbocycles. The number of carbonyl (C=O) groups excluding carboxylic acids is 1. The van der Waals surface area contributed by atoms with Crippen LogP contribution in [0.5, 0.6) is 0 Å². The van der Waals surface area contributed by atoms with Gasteiger partial charge in [-0.05, 0) is 45.0 Å². The van der Waals surface area contributed by atoms with E-state index in [2.05, 4.69) is 26.3 Å². The van der Waals surface area contributed by atoms with Crippen LogP contribution in [0, 0.1) is 6.92 Å². The minimum Gasteiger partial charge on any atom is -0.375 e. The second kappa shape index (κ2) is 7.95. The third-order valence-electron chi connectivity index (χ3n) is 4.45. The second-order valence-corrected chi connectivity index (χ2v) is 6.42. The molecule has 0 aliphatic carbocycles. The number of rotatable bonds is 5. The van der Waals surface area contributed by atoms with Gasteiger partial charge in [0.2, 0.25) is 0 Å². The maximum absolute atomic E-state index is 12.6. The Morgan fingerprint density at radius 1 is 1.26 bits per heavy atom. The average Bonchev–Trinajstić information content (AvgIpc) is 3.02. The molecular weight excluding hydrogens is 361 g/mol. The number of hydrogen-bond donors (Lipinski definition) is 3. The van der Waals surface area contributed by atoms with Crippen molar-refractivity contribution in [1.29, 1.82) is 0 Å². The van der Waals surface area contributed by atoms with Gasteiger partial charge in [0.05, 0.1) is 23.1 Å². The molecule has 1 saturated heterocycles. The van der Waals surface area contributed by atoms with Crippen molar-refractivity contribution in [3.8, 4) is 0 Å². The van der Waals surface area contributed by atoms with Crippen LogP contribution >= 0.6 is 0 Å². The predicted octanol–water partition coefficient (Wildman–Crippen LogP) is 2.74. The van der Waals surface area contributed by atoms with E-state index in [0.717, 1.165) is 25.9 Å². The standard InChI is InChI=1S/C17H21F3N6O/c1-11-15(24-25-26(11)12-6-8-21-9-7-12)16(27)23-14-5-3-2-4-13(14)22-10-17(18,19)20/h2-5,12,21-22H,6-10H2,1H3,(H,23,27). The number of halogens is 3. The summed E-state index contributed by atoms with van der Waals surface area (Å²) in [6, 6.07) is 6.41. The van der Waals surface area contributed by atoms with Gasteiger partial charge in [-0.2, -0.15) is 13.2 Å². The second-order valence-electron chi connectivity index (χ2n) is 6.42. The number of benzene rings is 1. The zero-order valence-electron chi connectivity index (χ0n) is 14.8. The average molecular weight is 382 g/mol. The highest BCUT2D eigenvalue weighted by atomic mass is 19.4. The molecule has 1 amide bonds. The van der Waals surface area contributed by atoms with Gasteiger partial charge >= 0.3 is 6.18 Å². The molecule has 146 valence electrons. The van der Waals surface area contributed by atoms with Crippen molar-refractivity contribution in [2.24, 2.45) is 0 Å². The first-order valence-electron chi connectivity index (χ1n) is 8.68. The molecule has 3 rings (SSSR count). The van der Waals surface area contributed by atoms with Crippen LogP contribution in [-0.2, 0) is 0 Å². The Hall–Kier alpha value is -2.62. The number of anilines is 2. The highest BCUT2D eigenvalue weighted by Crippen LogP contribution is 2.25. The van der Waals surface area contributed by atoms with E-state index in [0.29, 0.717) is 5.69 Å². The lowest BCUT2D eigenvalue weighted by Crippen LogP contribution is -2.30. The maximum atomic E-state index is 12.6. The van der Waals surface area contributed by atoms with Crippen LogP contribution in [0.25, 0.3) is 0 Å². The first-order valence-corrected chi connectivity index (χ1v) is 8.68. The Bertz CT molecular complexity index is 798. The molecule has 7 nitrogen and oxygen atoms in total. The molecule has 3 N–H and O–H groups in total. The highest BCUT2D eigenvalue weighted by molar-refractivity contribution is 6.05. The topological polar surface area (TPSA) is 83.9 Å². The molecule has 1 aromatic heterocycles. The van der Waals surface area contributed by atoms with Gasteiger partial charge in [-0.25, -0.2) is 4.68 Å². The number of nitrogens with one attached hydrogen (secondary N) is 3. The van der Waals surface area contributed by atoms with Gasteiger partial charge in [0, 0.05) is 0 Å². The molecule has 27 heavy (non-hydrogen) atoms. The molecular formula is C17H21F3N6O. The van der Waals surface area contributed by atoms with Crippen molar-refractivity contribution in [1.82, 2.24) is 20.3 Å². The zero-order chi connectivity index (χ0) is 19.4. The van der Waals surface area contributed by atoms with E-state index in [4.69, 9.17) is 0 Å². The van der Waals surface area contributed by atoms with Gasteiger partial charge in [-0.3, -0.25) is 4.79 Å². The van der Waals surface area contributed by atoms with Crippen molar-refractivity contribution in [2.75, 3.05) is 30.3 Å². The van der Waals surface area contributed by atoms with Crippen molar-refractivity contribution in [3.63, 3.8) is 0 Å². The number of nitrogens with zero attached hydrogens (tertiary/aromatic N) is 3. The Morgan fingerprint density at radius 2 is 1.93 bits per heavy atom. The number of piperidine rings is 1. The Kier molecular flexibility index (Phi) is 5.64. The largest absolute Gasteiger partial charge is 0.405 e. The molecule has 1 aliphatic heterocycles. The van der Waals surface area contributed by atoms with Gasteiger partial charge < -0.3 is 16.0 Å². The van der Waals surface area contributed by atoms with E-state index in [9.17, 15) is 18.0 Å². The molecule has 0 unspecified atom stereocenters. The number of carbonyl (C=O) groups is 1. The predicted molar refractivity (Wildman–Crippen MR) is 94.8 cm³/mol. The SMILES string of the molecule is Cc1c(C(=O)Nc2ccccc2NCC(F)(F)F)nnn1C1CCNCC1. The molecule has 10 heteroatoms. The molecule has 2 aromatic rings. The lowest BCUT2D eigenvalue weighted by atomic mass is 10.1. The van der Waals surface area contributed by atoms with Crippen LogP contribution in [-0.4, -0.2) is 46.7 Å². The van der Waals surface area contributed by atoms with Gasteiger partial charge in [0.1, 0.15) is 6.54 Å². The summed E-state index contributed by atoms with van der Waals surface area (Å²) in [7, 11) is 0. The number of hydrogen-bond acceptors (Lipinski definition) is 5. The fourth-order valence-electron chi connectivity index (χ4n) is 3.07. The van der Waals surface area contributed by atoms with Crippen molar-refractivity contribution in [2.45, 2.75) is 32.0 Å². The summed E-state index contributed by atoms with van der Waals surface area (Å²) >= 11 is 0. The Morgan fingerprint density at radius 3 is 2.59 bits per heavy atom. The summed E-state index contributed by atoms with van der Waals surface area (Å²) in [5.74, 6) is -0.506. The van der Waals surface area contributed by atoms with Crippen molar-refractivity contribution < 1.29 is 18.0 Å². The normalized spacial score (nSPS) is 15.6. The number of para-hydroxylation sites is 2. The monoisotopic (exact) mass is 382 g/mol. The third-order valence-corrected chi connectivity index (χ3v) is 4.45. The van der Waals surface area contributed by atoms with E-state index >= 15 is 0 Å². The van der Waals surface area contributed by atoms with Crippen LogP contribution < -0.4 is 16.0 Å². The smallest absolute Gasteiger partial charge is 0.375 e. The van der Waals surface area contributed by atoms with Gasteiger partial charge in [-0.15, -0.1) is 5.10 Å². The molecule has 0 spiro atoms. The molecule has 0 saturated carbocycles. The lowest BCUT2D eigenvalue weighted by molar-refractivity contribution is -0.115. The molecule has 1 fully saturated rings.